The number of nitrogen functional groups attached to an aromatic ring is 1. The molecule has 3 N–H and O–H groups in total. The van der Waals surface area contributed by atoms with Gasteiger partial charge in [0.2, 0.25) is 0 Å². The lowest BCUT2D eigenvalue weighted by molar-refractivity contribution is 0.619. The van der Waals surface area contributed by atoms with Crippen molar-refractivity contribution in [2.75, 3.05) is 11.1 Å². The van der Waals surface area contributed by atoms with Crippen LogP contribution in [0.2, 0.25) is 5.02 Å². The predicted molar refractivity (Wildman–Crippen MR) is 78.0 cm³/mol. The molecule has 0 aliphatic rings. The Balaban J connectivity index is 2.37. The summed E-state index contributed by atoms with van der Waals surface area (Å²) in [7, 11) is 0. The molecule has 0 bridgehead atoms. The second-order valence-corrected chi connectivity index (χ2v) is 5.26. The SMILES string of the molecule is Cc1cc(Nc2ccc(Br)cc2Cl)c(N)cc1F. The average Bonchev–Trinajstić information content (AvgIpc) is 2.29. The molecule has 0 amide bonds. The van der Waals surface area contributed by atoms with Crippen LogP contribution in [0.5, 0.6) is 0 Å². The monoisotopic (exact) mass is 328 g/mol. The molecule has 2 aromatic carbocycles. The van der Waals surface area contributed by atoms with E-state index >= 15 is 0 Å². The van der Waals surface area contributed by atoms with Crippen LogP contribution in [-0.4, -0.2) is 0 Å². The van der Waals surface area contributed by atoms with Crippen LogP contribution >= 0.6 is 27.5 Å². The molecular weight excluding hydrogens is 319 g/mol. The summed E-state index contributed by atoms with van der Waals surface area (Å²) in [4.78, 5) is 0. The Bertz CT molecular complexity index is 602. The predicted octanol–water partition coefficient (Wildman–Crippen LogP) is 4.88. The van der Waals surface area contributed by atoms with Gasteiger partial charge in [-0.05, 0) is 42.8 Å². The standard InChI is InChI=1S/C13H11BrClFN2/c1-7-4-13(11(17)6-10(7)16)18-12-3-2-8(14)5-9(12)15/h2-6,18H,17H2,1H3. The number of aryl methyl sites for hydroxylation is 1. The Morgan fingerprint density at radius 2 is 1.94 bits per heavy atom. The summed E-state index contributed by atoms with van der Waals surface area (Å²) in [5, 5.41) is 3.65. The Morgan fingerprint density at radius 1 is 1.22 bits per heavy atom. The van der Waals surface area contributed by atoms with Crippen molar-refractivity contribution in [2.45, 2.75) is 6.92 Å². The molecule has 2 rings (SSSR count). The van der Waals surface area contributed by atoms with Crippen molar-refractivity contribution in [1.82, 2.24) is 0 Å². The van der Waals surface area contributed by atoms with Crippen molar-refractivity contribution in [3.63, 3.8) is 0 Å². The number of hydrogen-bond acceptors (Lipinski definition) is 2. The van der Waals surface area contributed by atoms with Gasteiger partial charge in [0.15, 0.2) is 0 Å². The topological polar surface area (TPSA) is 38.0 Å². The first-order chi connectivity index (χ1) is 8.47. The number of benzene rings is 2. The lowest BCUT2D eigenvalue weighted by Crippen LogP contribution is -1.99. The van der Waals surface area contributed by atoms with Crippen LogP contribution in [-0.2, 0) is 0 Å². The van der Waals surface area contributed by atoms with Gasteiger partial charge in [0.05, 0.1) is 22.1 Å². The highest BCUT2D eigenvalue weighted by molar-refractivity contribution is 9.10. The maximum atomic E-state index is 13.3. The molecule has 0 radical (unpaired) electrons. The highest BCUT2D eigenvalue weighted by Crippen LogP contribution is 2.31. The second-order valence-electron chi connectivity index (χ2n) is 3.94. The maximum absolute atomic E-state index is 13.3. The largest absolute Gasteiger partial charge is 0.397 e. The van der Waals surface area contributed by atoms with Crippen molar-refractivity contribution in [3.05, 3.63) is 51.2 Å². The van der Waals surface area contributed by atoms with Crippen LogP contribution in [0.25, 0.3) is 0 Å². The van der Waals surface area contributed by atoms with Crippen molar-refractivity contribution < 1.29 is 4.39 Å². The van der Waals surface area contributed by atoms with E-state index in [9.17, 15) is 4.39 Å². The van der Waals surface area contributed by atoms with Gasteiger partial charge in [0, 0.05) is 4.47 Å². The fraction of sp³-hybridized carbons (Fsp3) is 0.0769. The van der Waals surface area contributed by atoms with E-state index in [-0.39, 0.29) is 5.82 Å². The summed E-state index contributed by atoms with van der Waals surface area (Å²) in [5.74, 6) is -0.319. The van der Waals surface area contributed by atoms with E-state index in [4.69, 9.17) is 17.3 Å². The molecule has 2 aromatic rings. The molecular formula is C13H11BrClFN2. The molecule has 0 fully saturated rings. The summed E-state index contributed by atoms with van der Waals surface area (Å²) in [6, 6.07) is 8.41. The Morgan fingerprint density at radius 3 is 2.61 bits per heavy atom. The van der Waals surface area contributed by atoms with Crippen LogP contribution in [0, 0.1) is 12.7 Å². The third kappa shape index (κ3) is 2.76. The van der Waals surface area contributed by atoms with Crippen molar-refractivity contribution >= 4 is 44.6 Å². The minimum absolute atomic E-state index is 0.319. The van der Waals surface area contributed by atoms with E-state index in [2.05, 4.69) is 21.2 Å². The molecule has 0 heterocycles. The van der Waals surface area contributed by atoms with E-state index in [1.54, 1.807) is 19.1 Å². The molecule has 0 saturated heterocycles. The number of anilines is 3. The van der Waals surface area contributed by atoms with Gasteiger partial charge in [-0.3, -0.25) is 0 Å². The molecule has 0 unspecified atom stereocenters. The minimum atomic E-state index is -0.319. The quantitative estimate of drug-likeness (QED) is 0.771. The maximum Gasteiger partial charge on any atom is 0.128 e. The molecule has 0 spiro atoms. The fourth-order valence-corrected chi connectivity index (χ4v) is 2.26. The van der Waals surface area contributed by atoms with Crippen molar-refractivity contribution in [2.24, 2.45) is 0 Å². The van der Waals surface area contributed by atoms with Gasteiger partial charge in [-0.25, -0.2) is 4.39 Å². The van der Waals surface area contributed by atoms with E-state index < -0.39 is 0 Å². The third-order valence-corrected chi connectivity index (χ3v) is 3.34. The van der Waals surface area contributed by atoms with Crippen LogP contribution in [0.15, 0.2) is 34.8 Å². The van der Waals surface area contributed by atoms with Gasteiger partial charge in [0.1, 0.15) is 5.82 Å². The molecule has 0 aliphatic carbocycles. The molecule has 2 nitrogen and oxygen atoms in total. The van der Waals surface area contributed by atoms with E-state index in [1.807, 2.05) is 12.1 Å². The summed E-state index contributed by atoms with van der Waals surface area (Å²) in [6.45, 7) is 1.68. The first-order valence-electron chi connectivity index (χ1n) is 5.25. The second kappa shape index (κ2) is 5.16. The van der Waals surface area contributed by atoms with Gasteiger partial charge >= 0.3 is 0 Å². The third-order valence-electron chi connectivity index (χ3n) is 2.53. The molecule has 0 aliphatic heterocycles. The Kier molecular flexibility index (Phi) is 3.78. The molecule has 94 valence electrons. The first-order valence-corrected chi connectivity index (χ1v) is 6.42. The van der Waals surface area contributed by atoms with E-state index in [0.717, 1.165) is 10.2 Å². The zero-order valence-corrected chi connectivity index (χ0v) is 11.9. The van der Waals surface area contributed by atoms with Gasteiger partial charge in [-0.15, -0.1) is 0 Å². The zero-order chi connectivity index (χ0) is 13.3. The molecule has 0 aromatic heterocycles. The van der Waals surface area contributed by atoms with Crippen LogP contribution in [0.1, 0.15) is 5.56 Å². The van der Waals surface area contributed by atoms with Crippen LogP contribution < -0.4 is 11.1 Å². The van der Waals surface area contributed by atoms with Gasteiger partial charge < -0.3 is 11.1 Å². The normalized spacial score (nSPS) is 10.4. The zero-order valence-electron chi connectivity index (χ0n) is 9.60. The van der Waals surface area contributed by atoms with Crippen LogP contribution in [0.4, 0.5) is 21.5 Å². The first kappa shape index (κ1) is 13.2. The van der Waals surface area contributed by atoms with E-state index in [0.29, 0.717) is 22.0 Å². The molecule has 18 heavy (non-hydrogen) atoms. The van der Waals surface area contributed by atoms with Crippen LogP contribution in [0.3, 0.4) is 0 Å². The summed E-state index contributed by atoms with van der Waals surface area (Å²) < 4.78 is 14.2. The smallest absolute Gasteiger partial charge is 0.128 e. The number of nitrogens with two attached hydrogens (primary N) is 1. The summed E-state index contributed by atoms with van der Waals surface area (Å²) in [6.07, 6.45) is 0. The minimum Gasteiger partial charge on any atom is -0.397 e. The van der Waals surface area contributed by atoms with Crippen molar-refractivity contribution in [1.29, 1.82) is 0 Å². The fourth-order valence-electron chi connectivity index (χ4n) is 1.54. The molecule has 5 heteroatoms. The van der Waals surface area contributed by atoms with Gasteiger partial charge in [0.25, 0.3) is 0 Å². The number of hydrogen-bond donors (Lipinski definition) is 2. The van der Waals surface area contributed by atoms with Gasteiger partial charge in [-0.1, -0.05) is 27.5 Å². The highest BCUT2D eigenvalue weighted by Gasteiger charge is 2.07. The summed E-state index contributed by atoms with van der Waals surface area (Å²) >= 11 is 9.43. The highest BCUT2D eigenvalue weighted by atomic mass is 79.9. The van der Waals surface area contributed by atoms with Gasteiger partial charge in [-0.2, -0.15) is 0 Å². The van der Waals surface area contributed by atoms with E-state index in [1.165, 1.54) is 6.07 Å². The number of nitrogens with one attached hydrogen (secondary N) is 1. The number of halogens is 3. The Labute approximate surface area is 118 Å². The Hall–Kier alpha value is -1.26. The average molecular weight is 330 g/mol. The summed E-state index contributed by atoms with van der Waals surface area (Å²) in [5.41, 5.74) is 7.99. The lowest BCUT2D eigenvalue weighted by atomic mass is 10.1. The number of rotatable bonds is 2. The molecule has 0 saturated carbocycles. The lowest BCUT2D eigenvalue weighted by Gasteiger charge is -2.12. The van der Waals surface area contributed by atoms with Crippen molar-refractivity contribution in [3.8, 4) is 0 Å². The molecule has 0 atom stereocenters.